The summed E-state index contributed by atoms with van der Waals surface area (Å²) in [6, 6.07) is 8.23. The molecule has 0 amide bonds. The molecule has 0 radical (unpaired) electrons. The lowest BCUT2D eigenvalue weighted by atomic mass is 10.2. The summed E-state index contributed by atoms with van der Waals surface area (Å²) < 4.78 is 20.6. The summed E-state index contributed by atoms with van der Waals surface area (Å²) in [4.78, 5) is 16.3. The zero-order chi connectivity index (χ0) is 16.9. The molecular weight excluding hydrogens is 314 g/mol. The predicted octanol–water partition coefficient (Wildman–Crippen LogP) is 3.24. The molecule has 0 fully saturated rings. The third-order valence-corrected chi connectivity index (χ3v) is 3.20. The van der Waals surface area contributed by atoms with E-state index in [1.807, 2.05) is 0 Å². The van der Waals surface area contributed by atoms with E-state index in [2.05, 4.69) is 4.99 Å². The first-order chi connectivity index (χ1) is 11.7. The Balaban J connectivity index is 1.92. The standard InChI is InChI=1S/C17H15NO6/c1-2-21-17(20)12(16(19)14-4-3-7-22-14)9-18-11-5-6-13-15(8-11)24-10-23-13/h3-9,19H,2,10H2,1H3. The van der Waals surface area contributed by atoms with Crippen molar-refractivity contribution in [1.29, 1.82) is 0 Å². The minimum atomic E-state index is -0.698. The molecule has 7 nitrogen and oxygen atoms in total. The second-order valence-corrected chi connectivity index (χ2v) is 4.76. The van der Waals surface area contributed by atoms with Crippen LogP contribution in [0.25, 0.3) is 5.76 Å². The van der Waals surface area contributed by atoms with Gasteiger partial charge in [-0.25, -0.2) is 4.79 Å². The van der Waals surface area contributed by atoms with Crippen LogP contribution < -0.4 is 9.47 Å². The highest BCUT2D eigenvalue weighted by Crippen LogP contribution is 2.35. The number of ether oxygens (including phenoxy) is 3. The van der Waals surface area contributed by atoms with Crippen molar-refractivity contribution in [2.24, 2.45) is 4.99 Å². The minimum Gasteiger partial charge on any atom is -0.504 e. The van der Waals surface area contributed by atoms with Gasteiger partial charge in [-0.05, 0) is 31.2 Å². The van der Waals surface area contributed by atoms with E-state index in [1.165, 1.54) is 18.5 Å². The molecule has 0 spiro atoms. The molecule has 2 heterocycles. The average molecular weight is 329 g/mol. The third-order valence-electron chi connectivity index (χ3n) is 3.20. The fourth-order valence-electron chi connectivity index (χ4n) is 2.07. The number of fused-ring (bicyclic) bond motifs is 1. The van der Waals surface area contributed by atoms with E-state index in [-0.39, 0.29) is 30.5 Å². The first kappa shape index (κ1) is 15.7. The molecule has 1 N–H and O–H groups in total. The van der Waals surface area contributed by atoms with Crippen molar-refractivity contribution in [3.05, 3.63) is 47.9 Å². The molecule has 0 aliphatic carbocycles. The average Bonchev–Trinajstić information content (AvgIpc) is 3.26. The lowest BCUT2D eigenvalue weighted by Crippen LogP contribution is -2.11. The monoisotopic (exact) mass is 329 g/mol. The van der Waals surface area contributed by atoms with Gasteiger partial charge in [0.05, 0.1) is 18.6 Å². The van der Waals surface area contributed by atoms with Crippen LogP contribution in [-0.2, 0) is 9.53 Å². The zero-order valence-electron chi connectivity index (χ0n) is 12.9. The van der Waals surface area contributed by atoms with Gasteiger partial charge in [-0.1, -0.05) is 0 Å². The molecule has 0 saturated carbocycles. The van der Waals surface area contributed by atoms with Crippen LogP contribution in [0, 0.1) is 0 Å². The predicted molar refractivity (Wildman–Crippen MR) is 85.6 cm³/mol. The number of carbonyl (C=O) groups is 1. The summed E-state index contributed by atoms with van der Waals surface area (Å²) in [6.07, 6.45) is 2.62. The smallest absolute Gasteiger partial charge is 0.343 e. The van der Waals surface area contributed by atoms with E-state index >= 15 is 0 Å². The summed E-state index contributed by atoms with van der Waals surface area (Å²) in [6.45, 7) is 2.01. The minimum absolute atomic E-state index is 0.107. The quantitative estimate of drug-likeness (QED) is 0.392. The number of hydrogen-bond donors (Lipinski definition) is 1. The maximum atomic E-state index is 12.1. The van der Waals surface area contributed by atoms with Crippen molar-refractivity contribution in [3.8, 4) is 11.5 Å². The number of esters is 1. The molecule has 1 aromatic heterocycles. The summed E-state index contributed by atoms with van der Waals surface area (Å²) in [5.74, 6) is 0.309. The van der Waals surface area contributed by atoms with Gasteiger partial charge in [0.25, 0.3) is 0 Å². The van der Waals surface area contributed by atoms with Crippen molar-refractivity contribution in [2.45, 2.75) is 6.92 Å². The molecule has 24 heavy (non-hydrogen) atoms. The zero-order valence-corrected chi connectivity index (χ0v) is 12.9. The molecule has 0 unspecified atom stereocenters. The number of furan rings is 1. The first-order valence-electron chi connectivity index (χ1n) is 7.27. The third kappa shape index (κ3) is 3.24. The summed E-state index contributed by atoms with van der Waals surface area (Å²) in [5, 5.41) is 10.2. The fourth-order valence-corrected chi connectivity index (χ4v) is 2.07. The van der Waals surface area contributed by atoms with Crippen LogP contribution in [-0.4, -0.2) is 30.7 Å². The highest BCUT2D eigenvalue weighted by Gasteiger charge is 2.18. The number of aliphatic imine (C=N–C) groups is 1. The molecular formula is C17H15NO6. The van der Waals surface area contributed by atoms with Crippen LogP contribution in [0.3, 0.4) is 0 Å². The summed E-state index contributed by atoms with van der Waals surface area (Å²) in [5.41, 5.74) is 0.428. The van der Waals surface area contributed by atoms with Crippen LogP contribution >= 0.6 is 0 Å². The molecule has 2 aromatic rings. The largest absolute Gasteiger partial charge is 0.504 e. The van der Waals surface area contributed by atoms with Crippen molar-refractivity contribution in [2.75, 3.05) is 13.4 Å². The molecule has 1 aliphatic heterocycles. The highest BCUT2D eigenvalue weighted by atomic mass is 16.7. The lowest BCUT2D eigenvalue weighted by molar-refractivity contribution is -0.137. The van der Waals surface area contributed by atoms with E-state index < -0.39 is 5.97 Å². The molecule has 1 aliphatic rings. The molecule has 3 rings (SSSR count). The van der Waals surface area contributed by atoms with Crippen molar-refractivity contribution in [1.82, 2.24) is 0 Å². The van der Waals surface area contributed by atoms with Crippen LogP contribution in [0.5, 0.6) is 11.5 Å². The van der Waals surface area contributed by atoms with Gasteiger partial charge >= 0.3 is 5.97 Å². The summed E-state index contributed by atoms with van der Waals surface area (Å²) in [7, 11) is 0. The van der Waals surface area contributed by atoms with Gasteiger partial charge in [-0.15, -0.1) is 0 Å². The van der Waals surface area contributed by atoms with Crippen LogP contribution in [0.1, 0.15) is 12.7 Å². The normalized spacial score (nSPS) is 13.9. The molecule has 0 bridgehead atoms. The Morgan fingerprint density at radius 2 is 2.17 bits per heavy atom. The van der Waals surface area contributed by atoms with Crippen molar-refractivity contribution < 1.29 is 28.5 Å². The Morgan fingerprint density at radius 1 is 1.33 bits per heavy atom. The molecule has 124 valence electrons. The number of carbonyl (C=O) groups excluding carboxylic acids is 1. The topological polar surface area (TPSA) is 90.5 Å². The van der Waals surface area contributed by atoms with Crippen LogP contribution in [0.15, 0.2) is 51.6 Å². The van der Waals surface area contributed by atoms with Gasteiger partial charge < -0.3 is 23.7 Å². The Morgan fingerprint density at radius 3 is 2.92 bits per heavy atom. The second-order valence-electron chi connectivity index (χ2n) is 4.76. The Kier molecular flexibility index (Phi) is 4.51. The van der Waals surface area contributed by atoms with E-state index in [4.69, 9.17) is 18.6 Å². The van der Waals surface area contributed by atoms with Gasteiger partial charge in [0, 0.05) is 12.3 Å². The number of benzene rings is 1. The number of aliphatic hydroxyl groups is 1. The first-order valence-corrected chi connectivity index (χ1v) is 7.27. The number of rotatable bonds is 5. The highest BCUT2D eigenvalue weighted by molar-refractivity contribution is 6.15. The van der Waals surface area contributed by atoms with Gasteiger partial charge in [-0.2, -0.15) is 0 Å². The second kappa shape index (κ2) is 6.91. The van der Waals surface area contributed by atoms with Crippen molar-refractivity contribution in [3.63, 3.8) is 0 Å². The lowest BCUT2D eigenvalue weighted by Gasteiger charge is -2.05. The van der Waals surface area contributed by atoms with E-state index in [0.717, 1.165) is 0 Å². The van der Waals surface area contributed by atoms with Crippen LogP contribution in [0.2, 0.25) is 0 Å². The Hall–Kier alpha value is -3.22. The SMILES string of the molecule is CCOC(=O)C(C=Nc1ccc2c(c1)OCO2)=C(O)c1ccco1. The van der Waals surface area contributed by atoms with E-state index in [9.17, 15) is 9.90 Å². The number of nitrogens with zero attached hydrogens (tertiary/aromatic N) is 1. The molecule has 0 saturated heterocycles. The Bertz CT molecular complexity index is 791. The van der Waals surface area contributed by atoms with E-state index in [0.29, 0.717) is 17.2 Å². The Labute approximate surface area is 137 Å². The maximum absolute atomic E-state index is 12.1. The van der Waals surface area contributed by atoms with Gasteiger partial charge in [0.2, 0.25) is 6.79 Å². The van der Waals surface area contributed by atoms with Gasteiger partial charge in [0.1, 0.15) is 5.57 Å². The van der Waals surface area contributed by atoms with Crippen molar-refractivity contribution >= 4 is 23.6 Å². The number of aliphatic hydroxyl groups excluding tert-OH is 1. The fraction of sp³-hybridized carbons (Fsp3) is 0.176. The van der Waals surface area contributed by atoms with E-state index in [1.54, 1.807) is 31.2 Å². The molecule has 1 aromatic carbocycles. The molecule has 0 atom stereocenters. The number of hydrogen-bond acceptors (Lipinski definition) is 7. The molecule has 7 heteroatoms. The van der Waals surface area contributed by atoms with Gasteiger partial charge in [-0.3, -0.25) is 4.99 Å². The van der Waals surface area contributed by atoms with Gasteiger partial charge in [0.15, 0.2) is 23.0 Å². The van der Waals surface area contributed by atoms with Crippen LogP contribution in [0.4, 0.5) is 5.69 Å². The summed E-state index contributed by atoms with van der Waals surface area (Å²) >= 11 is 0. The maximum Gasteiger partial charge on any atom is 0.343 e.